The summed E-state index contributed by atoms with van der Waals surface area (Å²) >= 11 is 0. The second-order valence-corrected chi connectivity index (χ2v) is 8.96. The lowest BCUT2D eigenvalue weighted by Gasteiger charge is -2.23. The maximum atomic E-state index is 14.0. The van der Waals surface area contributed by atoms with Crippen LogP contribution in [0, 0.1) is 11.6 Å². The Kier molecular flexibility index (Phi) is 6.44. The maximum Gasteiger partial charge on any atom is 0.309 e. The molecule has 1 fully saturated rings. The second-order valence-electron chi connectivity index (χ2n) is 7.10. The number of ether oxygens (including phenoxy) is 3. The van der Waals surface area contributed by atoms with Crippen LogP contribution in [-0.2, 0) is 30.9 Å². The number of rotatable bonds is 6. The summed E-state index contributed by atoms with van der Waals surface area (Å²) in [6, 6.07) is 7.13. The van der Waals surface area contributed by atoms with Gasteiger partial charge in [0.15, 0.2) is 11.5 Å². The Hall–Kier alpha value is -3.29. The molecule has 2 aliphatic heterocycles. The van der Waals surface area contributed by atoms with Crippen LogP contribution in [0.3, 0.4) is 0 Å². The molecule has 4 rings (SSSR count). The third-order valence-electron chi connectivity index (χ3n) is 4.96. The number of hydrogen-bond acceptors (Lipinski definition) is 7. The number of carbonyl (C=O) groups is 2. The lowest BCUT2D eigenvalue weighted by Crippen LogP contribution is -2.47. The van der Waals surface area contributed by atoms with Crippen LogP contribution < -0.4 is 20.1 Å². The fraction of sp³-hybridized carbons (Fsp3) is 0.300. The van der Waals surface area contributed by atoms with Crippen molar-refractivity contribution in [3.05, 3.63) is 53.6 Å². The molecule has 33 heavy (non-hydrogen) atoms. The van der Waals surface area contributed by atoms with Crippen molar-refractivity contribution in [1.82, 2.24) is 14.9 Å². The van der Waals surface area contributed by atoms with Gasteiger partial charge in [-0.1, -0.05) is 6.07 Å². The van der Waals surface area contributed by atoms with Gasteiger partial charge in [0.1, 0.15) is 22.8 Å². The van der Waals surface area contributed by atoms with Gasteiger partial charge < -0.3 is 24.8 Å². The third kappa shape index (κ3) is 4.89. The molecule has 0 saturated carbocycles. The van der Waals surface area contributed by atoms with Crippen LogP contribution in [0.2, 0.25) is 0 Å². The molecule has 1 atom stereocenters. The zero-order valence-electron chi connectivity index (χ0n) is 17.0. The summed E-state index contributed by atoms with van der Waals surface area (Å²) in [4.78, 5) is 23.4. The van der Waals surface area contributed by atoms with E-state index in [4.69, 9.17) is 14.2 Å². The number of benzene rings is 2. The lowest BCUT2D eigenvalue weighted by atomic mass is 10.2. The first-order valence-corrected chi connectivity index (χ1v) is 11.2. The standard InChI is InChI=1S/C20H19F2N3O7S/c21-13-2-3-14(22)17(8-13)33(28,29)25-5-6-30-18(25)10-24-20(27)19(26)23-9-12-1-4-15-16(7-12)32-11-31-15/h1-4,7-8,18H,5-6,9-11H2,(H,23,26)(H,24,27)/t18-/m0/s1. The van der Waals surface area contributed by atoms with Gasteiger partial charge >= 0.3 is 11.8 Å². The number of hydrogen-bond donors (Lipinski definition) is 2. The highest BCUT2D eigenvalue weighted by atomic mass is 32.2. The largest absolute Gasteiger partial charge is 0.454 e. The van der Waals surface area contributed by atoms with Gasteiger partial charge in [-0.3, -0.25) is 9.59 Å². The molecule has 2 aromatic rings. The summed E-state index contributed by atoms with van der Waals surface area (Å²) in [5.41, 5.74) is 0.675. The molecule has 2 amide bonds. The van der Waals surface area contributed by atoms with Crippen LogP contribution in [0.25, 0.3) is 0 Å². The van der Waals surface area contributed by atoms with Gasteiger partial charge in [0.05, 0.1) is 13.2 Å². The number of halogens is 2. The van der Waals surface area contributed by atoms with E-state index in [-0.39, 0.29) is 33.0 Å². The predicted molar refractivity (Wildman–Crippen MR) is 107 cm³/mol. The van der Waals surface area contributed by atoms with Gasteiger partial charge in [0.2, 0.25) is 16.8 Å². The van der Waals surface area contributed by atoms with Crippen molar-refractivity contribution < 1.29 is 41.0 Å². The van der Waals surface area contributed by atoms with E-state index in [9.17, 15) is 26.8 Å². The minimum Gasteiger partial charge on any atom is -0.454 e. The minimum atomic E-state index is -4.44. The number of carbonyl (C=O) groups excluding carboxylic acids is 2. The predicted octanol–water partition coefficient (Wildman–Crippen LogP) is 0.473. The van der Waals surface area contributed by atoms with E-state index in [1.807, 2.05) is 0 Å². The molecule has 13 heteroatoms. The zero-order valence-corrected chi connectivity index (χ0v) is 17.9. The third-order valence-corrected chi connectivity index (χ3v) is 6.86. The Balaban J connectivity index is 1.33. The van der Waals surface area contributed by atoms with E-state index in [0.29, 0.717) is 29.2 Å². The molecule has 0 bridgehead atoms. The first-order valence-electron chi connectivity index (χ1n) is 9.79. The molecular formula is C20H19F2N3O7S. The van der Waals surface area contributed by atoms with Gasteiger partial charge in [-0.25, -0.2) is 17.2 Å². The Morgan fingerprint density at radius 3 is 2.61 bits per heavy atom. The zero-order chi connectivity index (χ0) is 23.6. The quantitative estimate of drug-likeness (QED) is 0.573. The fourth-order valence-corrected chi connectivity index (χ4v) is 4.91. The minimum absolute atomic E-state index is 0.0208. The summed E-state index contributed by atoms with van der Waals surface area (Å²) in [7, 11) is -4.44. The lowest BCUT2D eigenvalue weighted by molar-refractivity contribution is -0.139. The number of amides is 2. The van der Waals surface area contributed by atoms with E-state index in [0.717, 1.165) is 10.4 Å². The Morgan fingerprint density at radius 2 is 1.79 bits per heavy atom. The van der Waals surface area contributed by atoms with Gasteiger partial charge in [-0.15, -0.1) is 0 Å². The van der Waals surface area contributed by atoms with Crippen molar-refractivity contribution in [1.29, 1.82) is 0 Å². The first kappa shape index (κ1) is 22.9. The van der Waals surface area contributed by atoms with Gasteiger partial charge in [-0.05, 0) is 35.9 Å². The molecule has 10 nitrogen and oxygen atoms in total. The van der Waals surface area contributed by atoms with Gasteiger partial charge in [-0.2, -0.15) is 4.31 Å². The Morgan fingerprint density at radius 1 is 1.03 bits per heavy atom. The molecule has 0 aromatic heterocycles. The molecule has 1 saturated heterocycles. The molecule has 2 aromatic carbocycles. The molecule has 176 valence electrons. The van der Waals surface area contributed by atoms with E-state index in [2.05, 4.69) is 10.6 Å². The van der Waals surface area contributed by atoms with E-state index >= 15 is 0 Å². The molecule has 2 heterocycles. The first-order chi connectivity index (χ1) is 15.8. The van der Waals surface area contributed by atoms with Crippen molar-refractivity contribution in [3.8, 4) is 11.5 Å². The number of fused-ring (bicyclic) bond motifs is 1. The molecule has 2 aliphatic rings. The highest BCUT2D eigenvalue weighted by molar-refractivity contribution is 7.89. The van der Waals surface area contributed by atoms with Gasteiger partial charge in [0, 0.05) is 13.1 Å². The van der Waals surface area contributed by atoms with Crippen molar-refractivity contribution in [2.45, 2.75) is 17.7 Å². The van der Waals surface area contributed by atoms with Gasteiger partial charge in [0.25, 0.3) is 0 Å². The molecule has 0 aliphatic carbocycles. The number of nitrogens with zero attached hydrogens (tertiary/aromatic N) is 1. The summed E-state index contributed by atoms with van der Waals surface area (Å²) in [6.07, 6.45) is -1.19. The molecular weight excluding hydrogens is 464 g/mol. The van der Waals surface area contributed by atoms with Crippen LogP contribution >= 0.6 is 0 Å². The highest BCUT2D eigenvalue weighted by Crippen LogP contribution is 2.32. The average molecular weight is 483 g/mol. The van der Waals surface area contributed by atoms with E-state index in [1.165, 1.54) is 0 Å². The van der Waals surface area contributed by atoms with Crippen molar-refractivity contribution in [2.75, 3.05) is 26.5 Å². The summed E-state index contributed by atoms with van der Waals surface area (Å²) < 4.78 is 69.6. The second kappa shape index (κ2) is 9.29. The van der Waals surface area contributed by atoms with Crippen LogP contribution in [-0.4, -0.2) is 57.3 Å². The van der Waals surface area contributed by atoms with Crippen molar-refractivity contribution >= 4 is 21.8 Å². The van der Waals surface area contributed by atoms with Crippen molar-refractivity contribution in [3.63, 3.8) is 0 Å². The topological polar surface area (TPSA) is 123 Å². The van der Waals surface area contributed by atoms with Crippen LogP contribution in [0.4, 0.5) is 8.78 Å². The fourth-order valence-electron chi connectivity index (χ4n) is 3.32. The SMILES string of the molecule is O=C(NCc1ccc2c(c1)OCO2)C(=O)NC[C@@H]1OCCN1S(=O)(=O)c1cc(F)ccc1F. The van der Waals surface area contributed by atoms with Crippen molar-refractivity contribution in [2.24, 2.45) is 0 Å². The summed E-state index contributed by atoms with van der Waals surface area (Å²) in [5, 5.41) is 4.72. The summed E-state index contributed by atoms with van der Waals surface area (Å²) in [6.45, 7) is -0.369. The van der Waals surface area contributed by atoms with E-state index < -0.39 is 44.6 Å². The molecule has 0 spiro atoms. The molecule has 2 N–H and O–H groups in total. The summed E-state index contributed by atoms with van der Waals surface area (Å²) in [5.74, 6) is -2.89. The van der Waals surface area contributed by atoms with Crippen LogP contribution in [0.15, 0.2) is 41.3 Å². The van der Waals surface area contributed by atoms with Crippen LogP contribution in [0.1, 0.15) is 5.56 Å². The Bertz CT molecular complexity index is 1190. The molecule has 0 unspecified atom stereocenters. The van der Waals surface area contributed by atoms with E-state index in [1.54, 1.807) is 18.2 Å². The monoisotopic (exact) mass is 483 g/mol. The number of nitrogens with one attached hydrogen (secondary N) is 2. The molecule has 0 radical (unpaired) electrons. The average Bonchev–Trinajstić information content (AvgIpc) is 3.46. The normalized spacial score (nSPS) is 17.7. The maximum absolute atomic E-state index is 14.0. The Labute approximate surface area is 187 Å². The number of sulfonamides is 1. The van der Waals surface area contributed by atoms with Crippen LogP contribution in [0.5, 0.6) is 11.5 Å². The highest BCUT2D eigenvalue weighted by Gasteiger charge is 2.38. The smallest absolute Gasteiger partial charge is 0.309 e.